The molecule has 1 fully saturated rings. The van der Waals surface area contributed by atoms with E-state index >= 15 is 0 Å². The third-order valence-corrected chi connectivity index (χ3v) is 6.41. The van der Waals surface area contributed by atoms with Crippen molar-refractivity contribution in [1.82, 2.24) is 15.2 Å². The van der Waals surface area contributed by atoms with E-state index in [-0.39, 0.29) is 16.1 Å². The van der Waals surface area contributed by atoms with E-state index in [4.69, 9.17) is 4.74 Å². The van der Waals surface area contributed by atoms with Gasteiger partial charge in [0.05, 0.1) is 17.9 Å². The van der Waals surface area contributed by atoms with Crippen molar-refractivity contribution in [2.24, 2.45) is 0 Å². The van der Waals surface area contributed by atoms with Crippen molar-refractivity contribution in [3.05, 3.63) is 62.8 Å². The molecule has 31 heavy (non-hydrogen) atoms. The minimum atomic E-state index is -1.23. The van der Waals surface area contributed by atoms with E-state index in [1.165, 1.54) is 17.7 Å². The lowest BCUT2D eigenvalue weighted by Gasteiger charge is -2.26. The first kappa shape index (κ1) is 21.9. The molecule has 1 aliphatic heterocycles. The van der Waals surface area contributed by atoms with Gasteiger partial charge in [-0.1, -0.05) is 41.7 Å². The SMILES string of the molecule is O=c1[nH]c2c(O)ccc(C(O)C(O)NCCc3cccc(CN4CCOCC4)c3)c2s1. The fourth-order valence-corrected chi connectivity index (χ4v) is 4.72. The molecule has 0 bridgehead atoms. The number of nitrogens with zero attached hydrogens (tertiary/aromatic N) is 1. The Bertz CT molecular complexity index is 1080. The average molecular weight is 446 g/mol. The van der Waals surface area contributed by atoms with Gasteiger partial charge < -0.3 is 25.0 Å². The molecule has 1 aromatic heterocycles. The maximum Gasteiger partial charge on any atom is 0.305 e. The van der Waals surface area contributed by atoms with Gasteiger partial charge in [-0.2, -0.15) is 0 Å². The first-order valence-corrected chi connectivity index (χ1v) is 11.1. The minimum absolute atomic E-state index is 0.0660. The number of thiazole rings is 1. The van der Waals surface area contributed by atoms with Crippen LogP contribution in [0.1, 0.15) is 22.8 Å². The second-order valence-corrected chi connectivity index (χ2v) is 8.68. The van der Waals surface area contributed by atoms with Gasteiger partial charge in [0.2, 0.25) is 0 Å². The number of ether oxygens (including phenoxy) is 1. The zero-order valence-corrected chi connectivity index (χ0v) is 17.9. The predicted molar refractivity (Wildman–Crippen MR) is 119 cm³/mol. The third-order valence-electron chi connectivity index (χ3n) is 5.47. The monoisotopic (exact) mass is 445 g/mol. The topological polar surface area (TPSA) is 118 Å². The summed E-state index contributed by atoms with van der Waals surface area (Å²) in [6.45, 7) is 4.80. The summed E-state index contributed by atoms with van der Waals surface area (Å²) < 4.78 is 5.83. The lowest BCUT2D eigenvalue weighted by molar-refractivity contribution is -0.00169. The number of nitrogens with one attached hydrogen (secondary N) is 2. The smallest absolute Gasteiger partial charge is 0.305 e. The normalized spacial score (nSPS) is 17.1. The zero-order valence-electron chi connectivity index (χ0n) is 17.1. The number of fused-ring (bicyclic) bond motifs is 1. The fraction of sp³-hybridized carbons (Fsp3) is 0.409. The molecule has 166 valence electrons. The molecule has 5 N–H and O–H groups in total. The average Bonchev–Trinajstić information content (AvgIpc) is 3.17. The van der Waals surface area contributed by atoms with E-state index in [0.717, 1.165) is 49.7 Å². The van der Waals surface area contributed by atoms with E-state index in [1.807, 2.05) is 12.1 Å². The van der Waals surface area contributed by atoms with Crippen molar-refractivity contribution in [2.75, 3.05) is 32.8 Å². The molecular formula is C22H27N3O5S. The van der Waals surface area contributed by atoms with Gasteiger partial charge in [0.1, 0.15) is 23.6 Å². The number of aliphatic hydroxyl groups excluding tert-OH is 2. The van der Waals surface area contributed by atoms with E-state index in [9.17, 15) is 20.1 Å². The van der Waals surface area contributed by atoms with Crippen molar-refractivity contribution >= 4 is 21.6 Å². The highest BCUT2D eigenvalue weighted by atomic mass is 32.1. The molecule has 0 saturated carbocycles. The zero-order chi connectivity index (χ0) is 21.8. The van der Waals surface area contributed by atoms with E-state index in [0.29, 0.717) is 23.2 Å². The van der Waals surface area contributed by atoms with Crippen molar-refractivity contribution in [2.45, 2.75) is 25.3 Å². The first-order valence-electron chi connectivity index (χ1n) is 10.3. The minimum Gasteiger partial charge on any atom is -0.506 e. The maximum atomic E-state index is 11.7. The molecule has 2 heterocycles. The van der Waals surface area contributed by atoms with Crippen molar-refractivity contribution in [3.63, 3.8) is 0 Å². The number of aliphatic hydroxyl groups is 2. The van der Waals surface area contributed by atoms with Gasteiger partial charge in [-0.05, 0) is 23.6 Å². The standard InChI is InChI=1S/C22H27N3O5S/c26-17-5-4-16(20-18(17)24-22(29)31-20)19(27)21(28)23-7-6-14-2-1-3-15(12-14)13-25-8-10-30-11-9-25/h1-5,12,19,21,23,26-28H,6-11,13H2,(H,24,29). The van der Waals surface area contributed by atoms with E-state index in [2.05, 4.69) is 27.3 Å². The van der Waals surface area contributed by atoms with Crippen molar-refractivity contribution in [3.8, 4) is 5.75 Å². The number of benzene rings is 2. The Labute approximate surface area is 183 Å². The molecular weight excluding hydrogens is 418 g/mol. The Hall–Kier alpha value is -2.27. The Balaban J connectivity index is 1.34. The number of aromatic hydroxyl groups is 1. The second-order valence-electron chi connectivity index (χ2n) is 7.69. The highest BCUT2D eigenvalue weighted by Crippen LogP contribution is 2.32. The highest BCUT2D eigenvalue weighted by Gasteiger charge is 2.22. The highest BCUT2D eigenvalue weighted by molar-refractivity contribution is 7.16. The third kappa shape index (κ3) is 5.32. The molecule has 1 aliphatic rings. The number of hydrogen-bond acceptors (Lipinski definition) is 8. The van der Waals surface area contributed by atoms with Gasteiger partial charge in [0, 0.05) is 31.7 Å². The van der Waals surface area contributed by atoms with Crippen LogP contribution < -0.4 is 10.2 Å². The fourth-order valence-electron chi connectivity index (χ4n) is 3.82. The summed E-state index contributed by atoms with van der Waals surface area (Å²) >= 11 is 0.893. The molecule has 2 unspecified atom stereocenters. The molecule has 3 aromatic rings. The van der Waals surface area contributed by atoms with Crippen LogP contribution in [-0.4, -0.2) is 64.3 Å². The van der Waals surface area contributed by atoms with Gasteiger partial charge in [-0.25, -0.2) is 0 Å². The van der Waals surface area contributed by atoms with Gasteiger partial charge in [0.25, 0.3) is 0 Å². The van der Waals surface area contributed by atoms with Crippen molar-refractivity contribution in [1.29, 1.82) is 0 Å². The van der Waals surface area contributed by atoms with E-state index in [1.54, 1.807) is 0 Å². The Kier molecular flexibility index (Phi) is 7.01. The van der Waals surface area contributed by atoms with E-state index < -0.39 is 12.3 Å². The number of H-pyrrole nitrogens is 1. The van der Waals surface area contributed by atoms with Crippen LogP contribution in [0.15, 0.2) is 41.2 Å². The quantitative estimate of drug-likeness (QED) is 0.332. The maximum absolute atomic E-state index is 11.7. The van der Waals surface area contributed by atoms with Gasteiger partial charge >= 0.3 is 4.87 Å². The second kappa shape index (κ2) is 9.90. The summed E-state index contributed by atoms with van der Waals surface area (Å²) in [5.74, 6) is -0.0660. The molecule has 1 saturated heterocycles. The molecule has 0 spiro atoms. The molecule has 0 aliphatic carbocycles. The number of rotatable bonds is 8. The molecule has 2 aromatic carbocycles. The summed E-state index contributed by atoms with van der Waals surface area (Å²) in [5.41, 5.74) is 3.06. The summed E-state index contributed by atoms with van der Waals surface area (Å²) in [6.07, 6.45) is -1.74. The van der Waals surface area contributed by atoms with Gasteiger partial charge in [0.15, 0.2) is 0 Å². The van der Waals surface area contributed by atoms with Crippen LogP contribution >= 0.6 is 11.3 Å². The molecule has 0 radical (unpaired) electrons. The summed E-state index contributed by atoms with van der Waals surface area (Å²) in [6, 6.07) is 11.3. The summed E-state index contributed by atoms with van der Waals surface area (Å²) in [5, 5.41) is 33.9. The van der Waals surface area contributed by atoms with Crippen LogP contribution in [0.4, 0.5) is 0 Å². The molecule has 2 atom stereocenters. The van der Waals surface area contributed by atoms with Crippen LogP contribution in [-0.2, 0) is 17.7 Å². The lowest BCUT2D eigenvalue weighted by atomic mass is 10.1. The Morgan fingerprint density at radius 2 is 1.94 bits per heavy atom. The lowest BCUT2D eigenvalue weighted by Crippen LogP contribution is -2.36. The van der Waals surface area contributed by atoms with Crippen LogP contribution in [0.25, 0.3) is 10.2 Å². The number of phenolic OH excluding ortho intramolecular Hbond substituents is 1. The van der Waals surface area contributed by atoms with Gasteiger partial charge in [-0.3, -0.25) is 15.0 Å². The van der Waals surface area contributed by atoms with Crippen LogP contribution in [0.3, 0.4) is 0 Å². The largest absolute Gasteiger partial charge is 0.506 e. The number of aromatic nitrogens is 1. The molecule has 8 nitrogen and oxygen atoms in total. The molecule has 9 heteroatoms. The van der Waals surface area contributed by atoms with Gasteiger partial charge in [-0.15, -0.1) is 0 Å². The predicted octanol–water partition coefficient (Wildman–Crippen LogP) is 1.31. The number of phenols is 1. The Morgan fingerprint density at radius 3 is 2.74 bits per heavy atom. The molecule has 0 amide bonds. The number of hydrogen-bond donors (Lipinski definition) is 5. The Morgan fingerprint density at radius 1 is 1.16 bits per heavy atom. The van der Waals surface area contributed by atoms with Crippen LogP contribution in [0, 0.1) is 0 Å². The summed E-state index contributed by atoms with van der Waals surface area (Å²) in [7, 11) is 0. The van der Waals surface area contributed by atoms with Crippen LogP contribution in [0.2, 0.25) is 0 Å². The number of morpholine rings is 1. The number of aromatic amines is 1. The van der Waals surface area contributed by atoms with Crippen LogP contribution in [0.5, 0.6) is 5.75 Å². The molecule has 4 rings (SSSR count). The first-order chi connectivity index (χ1) is 15.0. The summed E-state index contributed by atoms with van der Waals surface area (Å²) in [4.78, 5) is 16.2. The van der Waals surface area contributed by atoms with Crippen molar-refractivity contribution < 1.29 is 20.1 Å².